The second kappa shape index (κ2) is 7.07. The lowest BCUT2D eigenvalue weighted by molar-refractivity contribution is -0.154. The van der Waals surface area contributed by atoms with Crippen LogP contribution in [0.4, 0.5) is 4.39 Å². The number of hydrogen-bond acceptors (Lipinski definition) is 3. The predicted molar refractivity (Wildman–Crippen MR) is 70.3 cm³/mol. The summed E-state index contributed by atoms with van der Waals surface area (Å²) in [5, 5.41) is 0. The molecule has 0 unspecified atom stereocenters. The Hall–Kier alpha value is -0.640. The molecule has 1 rings (SSSR count). The molecular formula is C14H26FNO2. The lowest BCUT2D eigenvalue weighted by Crippen LogP contribution is -2.35. The van der Waals surface area contributed by atoms with Gasteiger partial charge in [-0.05, 0) is 53.0 Å². The Labute approximate surface area is 110 Å². The molecular weight excluding hydrogens is 233 g/mol. The highest BCUT2D eigenvalue weighted by Gasteiger charge is 2.18. The number of nitrogens with zero attached hydrogens (tertiary/aromatic N) is 1. The standard InChI is InChI=1S/C14H26FNO2/c1-14(2,3)18-13(17)6-4-5-9-16-10-7-12(15)8-11-16/h12H,4-11H2,1-3H3. The van der Waals surface area contributed by atoms with Crippen molar-refractivity contribution in [2.75, 3.05) is 19.6 Å². The minimum atomic E-state index is -0.608. The first kappa shape index (κ1) is 15.4. The van der Waals surface area contributed by atoms with E-state index in [0.717, 1.165) is 32.5 Å². The summed E-state index contributed by atoms with van der Waals surface area (Å²) < 4.78 is 18.2. The molecule has 1 heterocycles. The Bertz CT molecular complexity index is 255. The van der Waals surface area contributed by atoms with E-state index >= 15 is 0 Å². The van der Waals surface area contributed by atoms with Crippen LogP contribution in [0.5, 0.6) is 0 Å². The van der Waals surface area contributed by atoms with Gasteiger partial charge in [0.1, 0.15) is 11.8 Å². The molecule has 0 aromatic carbocycles. The van der Waals surface area contributed by atoms with Crippen LogP contribution in [0.2, 0.25) is 0 Å². The zero-order valence-electron chi connectivity index (χ0n) is 11.9. The highest BCUT2D eigenvalue weighted by Crippen LogP contribution is 2.14. The molecule has 1 aliphatic rings. The van der Waals surface area contributed by atoms with Crippen LogP contribution in [0.1, 0.15) is 52.9 Å². The van der Waals surface area contributed by atoms with E-state index in [1.807, 2.05) is 20.8 Å². The number of esters is 1. The predicted octanol–water partition coefficient (Wildman–Crippen LogP) is 2.93. The van der Waals surface area contributed by atoms with E-state index in [-0.39, 0.29) is 11.6 Å². The summed E-state index contributed by atoms with van der Waals surface area (Å²) in [5.74, 6) is -0.120. The van der Waals surface area contributed by atoms with Crippen molar-refractivity contribution in [3.63, 3.8) is 0 Å². The Morgan fingerprint density at radius 3 is 2.44 bits per heavy atom. The van der Waals surface area contributed by atoms with Crippen molar-refractivity contribution in [2.45, 2.75) is 64.6 Å². The van der Waals surface area contributed by atoms with Crippen molar-refractivity contribution < 1.29 is 13.9 Å². The number of ether oxygens (including phenoxy) is 1. The Morgan fingerprint density at radius 2 is 1.89 bits per heavy atom. The van der Waals surface area contributed by atoms with Gasteiger partial charge in [0.25, 0.3) is 0 Å². The molecule has 0 spiro atoms. The van der Waals surface area contributed by atoms with Gasteiger partial charge in [0, 0.05) is 19.5 Å². The number of carbonyl (C=O) groups excluding carboxylic acids is 1. The fraction of sp³-hybridized carbons (Fsp3) is 0.929. The number of carbonyl (C=O) groups is 1. The molecule has 0 atom stereocenters. The molecule has 0 saturated carbocycles. The minimum Gasteiger partial charge on any atom is -0.460 e. The van der Waals surface area contributed by atoms with Crippen LogP contribution in [0.3, 0.4) is 0 Å². The van der Waals surface area contributed by atoms with Gasteiger partial charge in [0.2, 0.25) is 0 Å². The van der Waals surface area contributed by atoms with Gasteiger partial charge in [0.05, 0.1) is 0 Å². The molecule has 1 saturated heterocycles. The molecule has 0 radical (unpaired) electrons. The topological polar surface area (TPSA) is 29.5 Å². The third-order valence-electron chi connectivity index (χ3n) is 3.04. The number of unbranched alkanes of at least 4 members (excludes halogenated alkanes) is 1. The van der Waals surface area contributed by atoms with Crippen molar-refractivity contribution in [3.8, 4) is 0 Å². The van der Waals surface area contributed by atoms with Crippen LogP contribution in [-0.2, 0) is 9.53 Å². The SMILES string of the molecule is CC(C)(C)OC(=O)CCCCN1CCC(F)CC1. The highest BCUT2D eigenvalue weighted by molar-refractivity contribution is 5.69. The van der Waals surface area contributed by atoms with Crippen molar-refractivity contribution in [1.82, 2.24) is 4.90 Å². The van der Waals surface area contributed by atoms with Gasteiger partial charge in [0.15, 0.2) is 0 Å². The van der Waals surface area contributed by atoms with E-state index in [1.165, 1.54) is 0 Å². The first-order valence-electron chi connectivity index (χ1n) is 6.95. The summed E-state index contributed by atoms with van der Waals surface area (Å²) >= 11 is 0. The van der Waals surface area contributed by atoms with E-state index in [4.69, 9.17) is 4.74 Å². The Balaban J connectivity index is 2.03. The van der Waals surface area contributed by atoms with Crippen molar-refractivity contribution in [3.05, 3.63) is 0 Å². The molecule has 18 heavy (non-hydrogen) atoms. The van der Waals surface area contributed by atoms with Gasteiger partial charge < -0.3 is 9.64 Å². The van der Waals surface area contributed by atoms with Gasteiger partial charge >= 0.3 is 5.97 Å². The van der Waals surface area contributed by atoms with Gasteiger partial charge in [-0.3, -0.25) is 4.79 Å². The molecule has 1 aliphatic heterocycles. The third-order valence-corrected chi connectivity index (χ3v) is 3.04. The van der Waals surface area contributed by atoms with E-state index < -0.39 is 6.17 Å². The van der Waals surface area contributed by atoms with Crippen LogP contribution in [0.15, 0.2) is 0 Å². The number of halogens is 1. The van der Waals surface area contributed by atoms with Crippen molar-refractivity contribution >= 4 is 5.97 Å². The normalized spacial score (nSPS) is 18.9. The fourth-order valence-corrected chi connectivity index (χ4v) is 2.12. The van der Waals surface area contributed by atoms with Gasteiger partial charge in [-0.15, -0.1) is 0 Å². The average molecular weight is 259 g/mol. The van der Waals surface area contributed by atoms with Gasteiger partial charge in [-0.1, -0.05) is 0 Å². The molecule has 0 aromatic rings. The lowest BCUT2D eigenvalue weighted by Gasteiger charge is -2.28. The third kappa shape index (κ3) is 6.94. The molecule has 0 aromatic heterocycles. The number of piperidine rings is 1. The maximum absolute atomic E-state index is 12.9. The fourth-order valence-electron chi connectivity index (χ4n) is 2.12. The van der Waals surface area contributed by atoms with Gasteiger partial charge in [-0.2, -0.15) is 0 Å². The number of hydrogen-bond donors (Lipinski definition) is 0. The lowest BCUT2D eigenvalue weighted by atomic mass is 10.1. The quantitative estimate of drug-likeness (QED) is 0.561. The zero-order valence-corrected chi connectivity index (χ0v) is 11.9. The molecule has 0 amide bonds. The minimum absolute atomic E-state index is 0.120. The first-order valence-corrected chi connectivity index (χ1v) is 6.95. The Kier molecular flexibility index (Phi) is 6.06. The van der Waals surface area contributed by atoms with E-state index in [2.05, 4.69) is 4.90 Å². The van der Waals surface area contributed by atoms with Crippen LogP contribution in [0.25, 0.3) is 0 Å². The largest absolute Gasteiger partial charge is 0.460 e. The molecule has 0 bridgehead atoms. The summed E-state index contributed by atoms with van der Waals surface area (Å²) in [7, 11) is 0. The molecule has 4 heteroatoms. The average Bonchev–Trinajstić information content (AvgIpc) is 2.24. The van der Waals surface area contributed by atoms with E-state index in [0.29, 0.717) is 19.3 Å². The number of alkyl halides is 1. The van der Waals surface area contributed by atoms with Gasteiger partial charge in [-0.25, -0.2) is 4.39 Å². The number of rotatable bonds is 5. The zero-order chi connectivity index (χ0) is 13.6. The second-order valence-electron chi connectivity index (χ2n) is 6.06. The molecule has 3 nitrogen and oxygen atoms in total. The first-order chi connectivity index (χ1) is 8.37. The molecule has 106 valence electrons. The molecule has 1 fully saturated rings. The summed E-state index contributed by atoms with van der Waals surface area (Å²) in [6.07, 6.45) is 3.03. The van der Waals surface area contributed by atoms with Crippen molar-refractivity contribution in [1.29, 1.82) is 0 Å². The summed E-state index contributed by atoms with van der Waals surface area (Å²) in [6.45, 7) is 8.32. The smallest absolute Gasteiger partial charge is 0.306 e. The molecule has 0 N–H and O–H groups in total. The Morgan fingerprint density at radius 1 is 1.28 bits per heavy atom. The van der Waals surface area contributed by atoms with E-state index in [1.54, 1.807) is 0 Å². The van der Waals surface area contributed by atoms with Crippen LogP contribution >= 0.6 is 0 Å². The molecule has 0 aliphatic carbocycles. The highest BCUT2D eigenvalue weighted by atomic mass is 19.1. The summed E-state index contributed by atoms with van der Waals surface area (Å²) in [5.41, 5.74) is -0.389. The van der Waals surface area contributed by atoms with Crippen LogP contribution in [-0.4, -0.2) is 42.3 Å². The van der Waals surface area contributed by atoms with Crippen molar-refractivity contribution in [2.24, 2.45) is 0 Å². The monoisotopic (exact) mass is 259 g/mol. The van der Waals surface area contributed by atoms with Crippen LogP contribution < -0.4 is 0 Å². The summed E-state index contributed by atoms with van der Waals surface area (Å²) in [6, 6.07) is 0. The maximum Gasteiger partial charge on any atom is 0.306 e. The second-order valence-corrected chi connectivity index (χ2v) is 6.06. The number of likely N-dealkylation sites (tertiary alicyclic amines) is 1. The summed E-state index contributed by atoms with van der Waals surface area (Å²) in [4.78, 5) is 13.8. The van der Waals surface area contributed by atoms with E-state index in [9.17, 15) is 9.18 Å². The van der Waals surface area contributed by atoms with Crippen LogP contribution in [0, 0.1) is 0 Å². The maximum atomic E-state index is 12.9.